The van der Waals surface area contributed by atoms with Crippen molar-refractivity contribution in [1.82, 2.24) is 0 Å². The normalized spacial score (nSPS) is 22.2. The van der Waals surface area contributed by atoms with Crippen molar-refractivity contribution in [2.45, 2.75) is 37.8 Å². The number of nitrogens with zero attached hydrogens (tertiary/aromatic N) is 1. The van der Waals surface area contributed by atoms with E-state index in [0.717, 1.165) is 25.3 Å². The summed E-state index contributed by atoms with van der Waals surface area (Å²) in [6, 6.07) is 2.62. The molecular weight excluding hydrogens is 447 g/mol. The molecular formula is C16H18F6NO6P. The van der Waals surface area contributed by atoms with E-state index >= 15 is 0 Å². The Morgan fingerprint density at radius 3 is 2.10 bits per heavy atom. The number of anilines is 1. The molecule has 0 radical (unpaired) electrons. The van der Waals surface area contributed by atoms with E-state index in [0.29, 0.717) is 0 Å². The number of ketones is 1. The number of carbonyl (C=O) groups excluding carboxylic acids is 1. The first-order chi connectivity index (χ1) is 13.7. The number of hydrogen-bond acceptors (Lipinski definition) is 6. The van der Waals surface area contributed by atoms with Gasteiger partial charge in [0.05, 0.1) is 26.0 Å². The zero-order valence-corrected chi connectivity index (χ0v) is 16.8. The van der Waals surface area contributed by atoms with Gasteiger partial charge in [-0.25, -0.2) is 9.24 Å². The molecule has 0 fully saturated rings. The zero-order chi connectivity index (χ0) is 23.1. The number of hydrogen-bond donors (Lipinski definition) is 1. The van der Waals surface area contributed by atoms with Crippen molar-refractivity contribution >= 4 is 19.2 Å². The van der Waals surface area contributed by atoms with Crippen LogP contribution >= 0.6 is 7.75 Å². The number of rotatable bonds is 7. The van der Waals surface area contributed by atoms with Gasteiger partial charge in [0.2, 0.25) is 5.78 Å². The largest absolute Gasteiger partial charge is 0.497 e. The highest BCUT2D eigenvalue weighted by molar-refractivity contribution is 7.55. The van der Waals surface area contributed by atoms with Crippen LogP contribution in [0.5, 0.6) is 5.75 Å². The van der Waals surface area contributed by atoms with E-state index in [1.54, 1.807) is 0 Å². The molecule has 1 aromatic carbocycles. The Labute approximate surface area is 167 Å². The third-order valence-electron chi connectivity index (χ3n) is 4.29. The van der Waals surface area contributed by atoms with Gasteiger partial charge in [0, 0.05) is 0 Å². The second-order valence-electron chi connectivity index (χ2n) is 6.06. The molecule has 14 heteroatoms. The van der Waals surface area contributed by atoms with Crippen molar-refractivity contribution in [2.75, 3.05) is 25.0 Å². The van der Waals surface area contributed by atoms with E-state index in [4.69, 9.17) is 13.8 Å². The highest BCUT2D eigenvalue weighted by atomic mass is 31.2. The summed E-state index contributed by atoms with van der Waals surface area (Å²) in [5.74, 6) is -6.31. The van der Waals surface area contributed by atoms with Crippen LogP contribution in [0.4, 0.5) is 32.0 Å². The average molecular weight is 465 g/mol. The smallest absolute Gasteiger partial charge is 0.450 e. The van der Waals surface area contributed by atoms with Crippen molar-refractivity contribution < 1.29 is 54.6 Å². The third-order valence-corrected chi connectivity index (χ3v) is 6.47. The van der Waals surface area contributed by atoms with Crippen molar-refractivity contribution in [3.05, 3.63) is 23.8 Å². The van der Waals surface area contributed by atoms with Crippen LogP contribution in [0.25, 0.3) is 0 Å². The number of alkyl halides is 6. The summed E-state index contributed by atoms with van der Waals surface area (Å²) in [4.78, 5) is 12.1. The molecule has 1 aromatic rings. The van der Waals surface area contributed by atoms with E-state index in [1.807, 2.05) is 0 Å². The van der Waals surface area contributed by atoms with Crippen LogP contribution in [0, 0.1) is 0 Å². The Morgan fingerprint density at radius 1 is 1.17 bits per heavy atom. The predicted molar refractivity (Wildman–Crippen MR) is 91.1 cm³/mol. The molecule has 0 aliphatic carbocycles. The minimum Gasteiger partial charge on any atom is -0.497 e. The molecule has 1 N–H and O–H groups in total. The predicted octanol–water partition coefficient (Wildman–Crippen LogP) is 4.16. The monoisotopic (exact) mass is 465 g/mol. The maximum atomic E-state index is 14.1. The van der Waals surface area contributed by atoms with Gasteiger partial charge in [-0.3, -0.25) is 13.8 Å². The first-order valence-corrected chi connectivity index (χ1v) is 9.96. The molecule has 0 bridgehead atoms. The van der Waals surface area contributed by atoms with Crippen LogP contribution in [-0.4, -0.2) is 49.3 Å². The van der Waals surface area contributed by atoms with Crippen molar-refractivity contribution in [1.29, 1.82) is 0 Å². The first-order valence-electron chi connectivity index (χ1n) is 8.46. The van der Waals surface area contributed by atoms with Crippen molar-refractivity contribution in [3.8, 4) is 5.75 Å². The van der Waals surface area contributed by atoms with Gasteiger partial charge in [0.1, 0.15) is 11.7 Å². The van der Waals surface area contributed by atoms with Crippen LogP contribution in [0.2, 0.25) is 0 Å². The SMILES string of the molecule is CCOP(=O)(OCC)N1c2ccc(OC)cc2C(C(=O)C(F)(F)F)C1(O)C(F)(F)F. The van der Waals surface area contributed by atoms with Gasteiger partial charge >= 0.3 is 20.1 Å². The van der Waals surface area contributed by atoms with E-state index < -0.39 is 62.0 Å². The molecule has 1 heterocycles. The van der Waals surface area contributed by atoms with Crippen LogP contribution in [0.15, 0.2) is 18.2 Å². The first kappa shape index (κ1) is 24.4. The second-order valence-corrected chi connectivity index (χ2v) is 7.91. The zero-order valence-electron chi connectivity index (χ0n) is 15.9. The molecule has 170 valence electrons. The summed E-state index contributed by atoms with van der Waals surface area (Å²) < 4.78 is 109. The van der Waals surface area contributed by atoms with Gasteiger partial charge in [-0.1, -0.05) is 0 Å². The number of ether oxygens (including phenoxy) is 1. The van der Waals surface area contributed by atoms with Gasteiger partial charge in [-0.05, 0) is 37.6 Å². The number of Topliss-reactive ketones (excluding diaryl/α,β-unsaturated/α-hetero) is 1. The van der Waals surface area contributed by atoms with E-state index in [2.05, 4.69) is 0 Å². The molecule has 1 aliphatic heterocycles. The second kappa shape index (κ2) is 8.03. The lowest BCUT2D eigenvalue weighted by Gasteiger charge is -2.41. The topological polar surface area (TPSA) is 85.3 Å². The fourth-order valence-electron chi connectivity index (χ4n) is 3.18. The lowest BCUT2D eigenvalue weighted by atomic mass is 9.87. The summed E-state index contributed by atoms with van der Waals surface area (Å²) in [7, 11) is -3.97. The summed E-state index contributed by atoms with van der Waals surface area (Å²) in [5, 5.41) is 10.7. The van der Waals surface area contributed by atoms with Gasteiger partial charge in [0.15, 0.2) is 0 Å². The van der Waals surface area contributed by atoms with Crippen molar-refractivity contribution in [3.63, 3.8) is 0 Å². The Bertz CT molecular complexity index is 850. The lowest BCUT2D eigenvalue weighted by Crippen LogP contribution is -2.61. The van der Waals surface area contributed by atoms with Gasteiger partial charge in [0.25, 0.3) is 5.72 Å². The Morgan fingerprint density at radius 2 is 1.70 bits per heavy atom. The molecule has 30 heavy (non-hydrogen) atoms. The Kier molecular flexibility index (Phi) is 6.54. The molecule has 0 saturated carbocycles. The fraction of sp³-hybridized carbons (Fsp3) is 0.562. The van der Waals surface area contributed by atoms with Crippen LogP contribution in [0.3, 0.4) is 0 Å². The molecule has 7 nitrogen and oxygen atoms in total. The van der Waals surface area contributed by atoms with Crippen LogP contribution < -0.4 is 9.41 Å². The minimum atomic E-state index is -5.88. The fourth-order valence-corrected chi connectivity index (χ4v) is 5.18. The van der Waals surface area contributed by atoms with Crippen molar-refractivity contribution in [2.24, 2.45) is 0 Å². The number of methoxy groups -OCH3 is 1. The van der Waals surface area contributed by atoms with Gasteiger partial charge in [-0.2, -0.15) is 26.3 Å². The highest BCUT2D eigenvalue weighted by Gasteiger charge is 2.75. The number of aliphatic hydroxyl groups is 1. The molecule has 2 unspecified atom stereocenters. The van der Waals surface area contributed by atoms with Gasteiger partial charge in [-0.15, -0.1) is 0 Å². The van der Waals surface area contributed by atoms with E-state index in [9.17, 15) is 40.8 Å². The summed E-state index contributed by atoms with van der Waals surface area (Å²) in [5.41, 5.74) is -6.24. The van der Waals surface area contributed by atoms with Gasteiger partial charge < -0.3 is 9.84 Å². The molecule has 0 spiro atoms. The summed E-state index contributed by atoms with van der Waals surface area (Å²) in [6.45, 7) is 1.57. The Hall–Kier alpha value is -1.82. The van der Waals surface area contributed by atoms with E-state index in [-0.39, 0.29) is 10.4 Å². The quantitative estimate of drug-likeness (QED) is 0.478. The molecule has 2 rings (SSSR count). The third kappa shape index (κ3) is 3.79. The molecule has 0 saturated heterocycles. The number of halogens is 6. The molecule has 0 amide bonds. The van der Waals surface area contributed by atoms with E-state index in [1.165, 1.54) is 13.8 Å². The lowest BCUT2D eigenvalue weighted by molar-refractivity contribution is -0.263. The summed E-state index contributed by atoms with van der Waals surface area (Å²) >= 11 is 0. The standard InChI is InChI=1S/C16H18F6NO6P/c1-4-28-30(26,29-5-2)23-11-7-6-9(27-3)8-10(11)12(13(24)15(17,18)19)14(23,25)16(20,21)22/h6-8,12,25H,4-5H2,1-3H3. The van der Waals surface area contributed by atoms with Crippen LogP contribution in [-0.2, 0) is 18.4 Å². The maximum Gasteiger partial charge on any atom is 0.450 e. The molecule has 0 aromatic heterocycles. The molecule has 2 atom stereocenters. The number of fused-ring (bicyclic) bond motifs is 1. The highest BCUT2D eigenvalue weighted by Crippen LogP contribution is 2.67. The maximum absolute atomic E-state index is 14.1. The number of benzene rings is 1. The number of carbonyl (C=O) groups is 1. The summed E-state index contributed by atoms with van der Waals surface area (Å²) in [6.07, 6.45) is -11.6. The average Bonchev–Trinajstić information content (AvgIpc) is 2.89. The van der Waals surface area contributed by atoms with Crippen LogP contribution in [0.1, 0.15) is 25.3 Å². The Balaban J connectivity index is 2.94. The molecule has 1 aliphatic rings. The minimum absolute atomic E-state index is 0.192.